The molecule has 0 atom stereocenters. The monoisotopic (exact) mass is 365 g/mol. The number of amides is 1. The van der Waals surface area contributed by atoms with Gasteiger partial charge in [-0.25, -0.2) is 0 Å². The number of phenolic OH excluding ortho intramolecular Hbond substituents is 3. The highest BCUT2D eigenvalue weighted by Gasteiger charge is 2.13. The SMILES string of the molecule is O=C(/C=C/c1cc(O)ccc1/C=C/c1cc(O)cc(O)c1)N1CCCCC1. The molecule has 1 aliphatic heterocycles. The first-order valence-corrected chi connectivity index (χ1v) is 9.02. The maximum atomic E-state index is 12.3. The first kappa shape index (κ1) is 18.6. The van der Waals surface area contributed by atoms with E-state index in [1.165, 1.54) is 30.7 Å². The molecule has 1 saturated heterocycles. The largest absolute Gasteiger partial charge is 0.508 e. The van der Waals surface area contributed by atoms with E-state index in [0.29, 0.717) is 11.1 Å². The highest BCUT2D eigenvalue weighted by Crippen LogP contribution is 2.24. The van der Waals surface area contributed by atoms with E-state index < -0.39 is 0 Å². The van der Waals surface area contributed by atoms with E-state index in [-0.39, 0.29) is 23.2 Å². The number of hydrogen-bond donors (Lipinski definition) is 3. The van der Waals surface area contributed by atoms with Crippen molar-refractivity contribution in [2.24, 2.45) is 0 Å². The van der Waals surface area contributed by atoms with E-state index in [9.17, 15) is 20.1 Å². The van der Waals surface area contributed by atoms with E-state index in [0.717, 1.165) is 31.5 Å². The molecule has 3 rings (SSSR count). The number of phenols is 3. The van der Waals surface area contributed by atoms with Gasteiger partial charge in [0.25, 0.3) is 0 Å². The topological polar surface area (TPSA) is 81.0 Å². The van der Waals surface area contributed by atoms with Gasteiger partial charge >= 0.3 is 0 Å². The lowest BCUT2D eigenvalue weighted by Crippen LogP contribution is -2.34. The Balaban J connectivity index is 1.81. The van der Waals surface area contributed by atoms with Gasteiger partial charge in [-0.15, -0.1) is 0 Å². The minimum absolute atomic E-state index is 0.0207. The smallest absolute Gasteiger partial charge is 0.246 e. The summed E-state index contributed by atoms with van der Waals surface area (Å²) in [6.45, 7) is 1.58. The normalized spacial score (nSPS) is 14.9. The highest BCUT2D eigenvalue weighted by molar-refractivity contribution is 5.92. The molecular formula is C22H23NO4. The molecule has 2 aromatic carbocycles. The van der Waals surface area contributed by atoms with E-state index in [2.05, 4.69) is 0 Å². The lowest BCUT2D eigenvalue weighted by molar-refractivity contribution is -0.126. The van der Waals surface area contributed by atoms with Crippen molar-refractivity contribution in [3.8, 4) is 17.2 Å². The van der Waals surface area contributed by atoms with Gasteiger partial charge in [0.15, 0.2) is 0 Å². The van der Waals surface area contributed by atoms with Gasteiger partial charge in [-0.05, 0) is 66.3 Å². The molecule has 5 heteroatoms. The third-order valence-electron chi connectivity index (χ3n) is 4.52. The zero-order chi connectivity index (χ0) is 19.2. The summed E-state index contributed by atoms with van der Waals surface area (Å²) in [6.07, 6.45) is 10.0. The summed E-state index contributed by atoms with van der Waals surface area (Å²) in [5, 5.41) is 28.9. The van der Waals surface area contributed by atoms with E-state index in [1.807, 2.05) is 4.90 Å². The van der Waals surface area contributed by atoms with Crippen molar-refractivity contribution in [1.82, 2.24) is 4.90 Å². The fourth-order valence-electron chi connectivity index (χ4n) is 3.14. The number of carbonyl (C=O) groups is 1. The molecule has 1 heterocycles. The molecule has 0 unspecified atom stereocenters. The van der Waals surface area contributed by atoms with Crippen LogP contribution in [0.1, 0.15) is 36.0 Å². The Labute approximate surface area is 158 Å². The number of aromatic hydroxyl groups is 3. The predicted molar refractivity (Wildman–Crippen MR) is 106 cm³/mol. The van der Waals surface area contributed by atoms with Gasteiger partial charge in [0.2, 0.25) is 5.91 Å². The summed E-state index contributed by atoms with van der Waals surface area (Å²) in [5.41, 5.74) is 2.15. The molecule has 1 fully saturated rings. The molecule has 1 aliphatic rings. The van der Waals surface area contributed by atoms with Gasteiger partial charge in [-0.3, -0.25) is 4.79 Å². The van der Waals surface area contributed by atoms with Crippen LogP contribution in [0.2, 0.25) is 0 Å². The van der Waals surface area contributed by atoms with Gasteiger partial charge in [0, 0.05) is 25.2 Å². The molecule has 0 aliphatic carbocycles. The van der Waals surface area contributed by atoms with Crippen LogP contribution < -0.4 is 0 Å². The molecule has 0 aromatic heterocycles. The summed E-state index contributed by atoms with van der Waals surface area (Å²) in [7, 11) is 0. The van der Waals surface area contributed by atoms with E-state index in [4.69, 9.17) is 0 Å². The number of carbonyl (C=O) groups excluding carboxylic acids is 1. The third kappa shape index (κ3) is 5.14. The summed E-state index contributed by atoms with van der Waals surface area (Å²) in [6, 6.07) is 9.25. The molecule has 140 valence electrons. The summed E-state index contributed by atoms with van der Waals surface area (Å²) in [5.74, 6) is 0.0540. The number of piperidine rings is 1. The average Bonchev–Trinajstić information content (AvgIpc) is 2.65. The number of rotatable bonds is 4. The molecule has 0 bridgehead atoms. The van der Waals surface area contributed by atoms with E-state index in [1.54, 1.807) is 36.4 Å². The van der Waals surface area contributed by atoms with Gasteiger partial charge < -0.3 is 20.2 Å². The van der Waals surface area contributed by atoms with Crippen molar-refractivity contribution in [2.45, 2.75) is 19.3 Å². The second-order valence-corrected chi connectivity index (χ2v) is 6.65. The maximum Gasteiger partial charge on any atom is 0.246 e. The summed E-state index contributed by atoms with van der Waals surface area (Å²) >= 11 is 0. The van der Waals surface area contributed by atoms with Crippen molar-refractivity contribution in [3.63, 3.8) is 0 Å². The Bertz CT molecular complexity index is 860. The fraction of sp³-hybridized carbons (Fsp3) is 0.227. The first-order chi connectivity index (χ1) is 13.0. The van der Waals surface area contributed by atoms with Crippen LogP contribution in [0.3, 0.4) is 0 Å². The Morgan fingerprint density at radius 1 is 0.778 bits per heavy atom. The molecule has 1 amide bonds. The molecule has 27 heavy (non-hydrogen) atoms. The molecule has 0 spiro atoms. The minimum Gasteiger partial charge on any atom is -0.508 e. The van der Waals surface area contributed by atoms with Crippen LogP contribution in [0.15, 0.2) is 42.5 Å². The van der Waals surface area contributed by atoms with Crippen molar-refractivity contribution in [3.05, 3.63) is 59.2 Å². The van der Waals surface area contributed by atoms with Crippen LogP contribution in [-0.4, -0.2) is 39.2 Å². The van der Waals surface area contributed by atoms with Crippen molar-refractivity contribution < 1.29 is 20.1 Å². The Morgan fingerprint density at radius 3 is 2.19 bits per heavy atom. The first-order valence-electron chi connectivity index (χ1n) is 9.02. The van der Waals surface area contributed by atoms with Crippen LogP contribution in [-0.2, 0) is 4.79 Å². The van der Waals surface area contributed by atoms with Crippen LogP contribution in [0, 0.1) is 0 Å². The zero-order valence-electron chi connectivity index (χ0n) is 15.0. The van der Waals surface area contributed by atoms with Gasteiger partial charge in [0.05, 0.1) is 0 Å². The van der Waals surface area contributed by atoms with Crippen LogP contribution in [0.4, 0.5) is 0 Å². The maximum absolute atomic E-state index is 12.3. The number of benzene rings is 2. The van der Waals surface area contributed by atoms with Gasteiger partial charge in [0.1, 0.15) is 17.2 Å². The quantitative estimate of drug-likeness (QED) is 0.565. The Hall–Kier alpha value is -3.21. The van der Waals surface area contributed by atoms with Crippen molar-refractivity contribution >= 4 is 24.1 Å². The number of hydrogen-bond acceptors (Lipinski definition) is 4. The lowest BCUT2D eigenvalue weighted by Gasteiger charge is -2.25. The van der Waals surface area contributed by atoms with Crippen LogP contribution in [0.5, 0.6) is 17.2 Å². The minimum atomic E-state index is -0.0223. The Kier molecular flexibility index (Phi) is 5.81. The molecule has 3 N–H and O–H groups in total. The number of nitrogens with zero attached hydrogens (tertiary/aromatic N) is 1. The van der Waals surface area contributed by atoms with Crippen LogP contribution >= 0.6 is 0 Å². The van der Waals surface area contributed by atoms with Gasteiger partial charge in [-0.2, -0.15) is 0 Å². The predicted octanol–water partition coefficient (Wildman–Crippen LogP) is 4.00. The summed E-state index contributed by atoms with van der Waals surface area (Å²) < 4.78 is 0. The van der Waals surface area contributed by atoms with Crippen molar-refractivity contribution in [1.29, 1.82) is 0 Å². The fourth-order valence-corrected chi connectivity index (χ4v) is 3.14. The van der Waals surface area contributed by atoms with Crippen molar-refractivity contribution in [2.75, 3.05) is 13.1 Å². The highest BCUT2D eigenvalue weighted by atomic mass is 16.3. The molecule has 2 aromatic rings. The molecule has 0 saturated carbocycles. The standard InChI is InChI=1S/C22H23NO4/c24-19-8-6-17(5-4-16-12-20(25)15-21(26)13-16)18(14-19)7-9-22(27)23-10-2-1-3-11-23/h4-9,12-15,24-26H,1-3,10-11H2/b5-4+,9-7+. The zero-order valence-corrected chi connectivity index (χ0v) is 15.0. The average molecular weight is 365 g/mol. The van der Waals surface area contributed by atoms with Crippen LogP contribution in [0.25, 0.3) is 18.2 Å². The third-order valence-corrected chi connectivity index (χ3v) is 4.52. The van der Waals surface area contributed by atoms with Gasteiger partial charge in [-0.1, -0.05) is 18.2 Å². The van der Waals surface area contributed by atoms with E-state index >= 15 is 0 Å². The molecule has 0 radical (unpaired) electrons. The summed E-state index contributed by atoms with van der Waals surface area (Å²) in [4.78, 5) is 14.2. The second kappa shape index (κ2) is 8.45. The lowest BCUT2D eigenvalue weighted by atomic mass is 10.0. The number of likely N-dealkylation sites (tertiary alicyclic amines) is 1. The molecular weight excluding hydrogens is 342 g/mol. The second-order valence-electron chi connectivity index (χ2n) is 6.65. The Morgan fingerprint density at radius 2 is 1.48 bits per heavy atom. The molecule has 5 nitrogen and oxygen atoms in total.